The van der Waals surface area contributed by atoms with Crippen molar-refractivity contribution in [2.24, 2.45) is 5.73 Å². The average molecular weight is 281 g/mol. The van der Waals surface area contributed by atoms with Crippen molar-refractivity contribution in [3.05, 3.63) is 65.0 Å². The van der Waals surface area contributed by atoms with E-state index < -0.39 is 23.5 Å². The Labute approximate surface area is 115 Å². The highest BCUT2D eigenvalue weighted by atomic mass is 19.1. The van der Waals surface area contributed by atoms with Crippen molar-refractivity contribution in [1.29, 1.82) is 0 Å². The fourth-order valence-electron chi connectivity index (χ4n) is 2.05. The molecule has 0 amide bonds. The molecule has 0 saturated heterocycles. The molecule has 0 aliphatic heterocycles. The van der Waals surface area contributed by atoms with Gasteiger partial charge in [0.15, 0.2) is 0 Å². The molecule has 20 heavy (non-hydrogen) atoms. The summed E-state index contributed by atoms with van der Waals surface area (Å²) in [5.74, 6) is -1.44. The normalized spacial score (nSPS) is 12.2. The summed E-state index contributed by atoms with van der Waals surface area (Å²) in [6.45, 7) is 0. The van der Waals surface area contributed by atoms with E-state index >= 15 is 0 Å². The SMILES string of the molecule is COc1ccc(F)cc1C(N)Cc1c(F)cccc1F. The maximum absolute atomic E-state index is 13.6. The van der Waals surface area contributed by atoms with Crippen LogP contribution in [0.15, 0.2) is 36.4 Å². The van der Waals surface area contributed by atoms with Crippen LogP contribution >= 0.6 is 0 Å². The Bertz CT molecular complexity index is 596. The third kappa shape index (κ3) is 2.93. The summed E-state index contributed by atoms with van der Waals surface area (Å²) in [5.41, 5.74) is 6.18. The summed E-state index contributed by atoms with van der Waals surface area (Å²) in [7, 11) is 1.42. The van der Waals surface area contributed by atoms with Crippen molar-refractivity contribution >= 4 is 0 Å². The quantitative estimate of drug-likeness (QED) is 0.932. The van der Waals surface area contributed by atoms with Gasteiger partial charge in [-0.25, -0.2) is 13.2 Å². The second kappa shape index (κ2) is 5.96. The summed E-state index contributed by atoms with van der Waals surface area (Å²) in [4.78, 5) is 0. The summed E-state index contributed by atoms with van der Waals surface area (Å²) in [6, 6.07) is 6.71. The van der Waals surface area contributed by atoms with E-state index in [9.17, 15) is 13.2 Å². The van der Waals surface area contributed by atoms with E-state index in [-0.39, 0.29) is 12.0 Å². The van der Waals surface area contributed by atoms with Crippen LogP contribution in [0.4, 0.5) is 13.2 Å². The summed E-state index contributed by atoms with van der Waals surface area (Å²) in [6.07, 6.45) is -0.0850. The summed E-state index contributed by atoms with van der Waals surface area (Å²) in [5, 5.41) is 0. The molecule has 0 heterocycles. The van der Waals surface area contributed by atoms with Crippen molar-refractivity contribution in [1.82, 2.24) is 0 Å². The summed E-state index contributed by atoms with van der Waals surface area (Å²) < 4.78 is 45.5. The predicted octanol–water partition coefficient (Wildman–Crippen LogP) is 3.36. The molecule has 2 aromatic rings. The smallest absolute Gasteiger partial charge is 0.129 e. The molecule has 1 atom stereocenters. The van der Waals surface area contributed by atoms with Gasteiger partial charge in [0.05, 0.1) is 7.11 Å². The minimum atomic E-state index is -0.771. The third-order valence-electron chi connectivity index (χ3n) is 3.08. The number of nitrogens with two attached hydrogens (primary N) is 1. The molecule has 1 unspecified atom stereocenters. The number of ether oxygens (including phenoxy) is 1. The fraction of sp³-hybridized carbons (Fsp3) is 0.200. The Morgan fingerprint density at radius 3 is 2.35 bits per heavy atom. The van der Waals surface area contributed by atoms with Gasteiger partial charge < -0.3 is 10.5 Å². The molecule has 2 N–H and O–H groups in total. The number of halogens is 3. The van der Waals surface area contributed by atoms with Crippen LogP contribution < -0.4 is 10.5 Å². The van der Waals surface area contributed by atoms with Crippen molar-refractivity contribution in [3.63, 3.8) is 0 Å². The second-order valence-electron chi connectivity index (χ2n) is 4.40. The van der Waals surface area contributed by atoms with Gasteiger partial charge in [-0.15, -0.1) is 0 Å². The van der Waals surface area contributed by atoms with Gasteiger partial charge in [0.2, 0.25) is 0 Å². The first-order chi connectivity index (χ1) is 9.52. The first-order valence-corrected chi connectivity index (χ1v) is 6.05. The molecule has 0 aromatic heterocycles. The van der Waals surface area contributed by atoms with Gasteiger partial charge in [0.1, 0.15) is 23.2 Å². The van der Waals surface area contributed by atoms with E-state index in [2.05, 4.69) is 0 Å². The van der Waals surface area contributed by atoms with Crippen molar-refractivity contribution in [3.8, 4) is 5.75 Å². The maximum Gasteiger partial charge on any atom is 0.129 e. The Morgan fingerprint density at radius 1 is 1.10 bits per heavy atom. The maximum atomic E-state index is 13.6. The van der Waals surface area contributed by atoms with Crippen LogP contribution in [0.1, 0.15) is 17.2 Å². The third-order valence-corrected chi connectivity index (χ3v) is 3.08. The number of rotatable bonds is 4. The molecule has 0 bridgehead atoms. The zero-order chi connectivity index (χ0) is 14.7. The van der Waals surface area contributed by atoms with Crippen LogP contribution in [0.25, 0.3) is 0 Å². The van der Waals surface area contributed by atoms with Gasteiger partial charge in [0, 0.05) is 17.2 Å². The lowest BCUT2D eigenvalue weighted by molar-refractivity contribution is 0.403. The standard InChI is InChI=1S/C15H14F3NO/c1-20-15-6-5-9(16)7-11(15)14(19)8-10-12(17)3-2-4-13(10)18/h2-7,14H,8,19H2,1H3. The predicted molar refractivity (Wildman–Crippen MR) is 69.9 cm³/mol. The minimum absolute atomic E-state index is 0.0850. The van der Waals surface area contributed by atoms with Gasteiger partial charge in [-0.3, -0.25) is 0 Å². The Kier molecular flexibility index (Phi) is 4.29. The van der Waals surface area contributed by atoms with Gasteiger partial charge in [-0.2, -0.15) is 0 Å². The lowest BCUT2D eigenvalue weighted by atomic mass is 9.98. The Morgan fingerprint density at radius 2 is 1.75 bits per heavy atom. The Balaban J connectivity index is 2.33. The molecule has 2 rings (SSSR count). The van der Waals surface area contributed by atoms with Crippen molar-refractivity contribution < 1.29 is 17.9 Å². The summed E-state index contributed by atoms with van der Waals surface area (Å²) >= 11 is 0. The van der Waals surface area contributed by atoms with Gasteiger partial charge in [0.25, 0.3) is 0 Å². The highest BCUT2D eigenvalue weighted by Gasteiger charge is 2.18. The van der Waals surface area contributed by atoms with Gasteiger partial charge >= 0.3 is 0 Å². The van der Waals surface area contributed by atoms with E-state index in [1.54, 1.807) is 0 Å². The lowest BCUT2D eigenvalue weighted by Crippen LogP contribution is -2.16. The minimum Gasteiger partial charge on any atom is -0.496 e. The zero-order valence-electron chi connectivity index (χ0n) is 10.9. The van der Waals surface area contributed by atoms with Crippen LogP contribution in [-0.2, 0) is 6.42 Å². The molecule has 0 aliphatic rings. The van der Waals surface area contributed by atoms with Gasteiger partial charge in [-0.1, -0.05) is 6.07 Å². The van der Waals surface area contributed by atoms with Crippen molar-refractivity contribution in [2.75, 3.05) is 7.11 Å². The Hall–Kier alpha value is -2.01. The number of hydrogen-bond acceptors (Lipinski definition) is 2. The van der Waals surface area contributed by atoms with Crippen LogP contribution in [0.3, 0.4) is 0 Å². The molecular weight excluding hydrogens is 267 g/mol. The van der Waals surface area contributed by atoms with E-state index in [4.69, 9.17) is 10.5 Å². The average Bonchev–Trinajstić information content (AvgIpc) is 2.43. The number of methoxy groups -OCH3 is 1. The lowest BCUT2D eigenvalue weighted by Gasteiger charge is -2.16. The topological polar surface area (TPSA) is 35.2 Å². The number of hydrogen-bond donors (Lipinski definition) is 1. The highest BCUT2D eigenvalue weighted by Crippen LogP contribution is 2.28. The molecule has 0 spiro atoms. The van der Waals surface area contributed by atoms with Crippen molar-refractivity contribution in [2.45, 2.75) is 12.5 Å². The fourth-order valence-corrected chi connectivity index (χ4v) is 2.05. The molecule has 0 radical (unpaired) electrons. The second-order valence-corrected chi connectivity index (χ2v) is 4.40. The first kappa shape index (κ1) is 14.4. The first-order valence-electron chi connectivity index (χ1n) is 6.05. The monoisotopic (exact) mass is 281 g/mol. The molecular formula is C15H14F3NO. The highest BCUT2D eigenvalue weighted by molar-refractivity contribution is 5.37. The van der Waals surface area contributed by atoms with Crippen LogP contribution in [0.2, 0.25) is 0 Å². The van der Waals surface area contributed by atoms with E-state index in [1.807, 2.05) is 0 Å². The number of benzene rings is 2. The van der Waals surface area contributed by atoms with Crippen LogP contribution in [0, 0.1) is 17.5 Å². The molecule has 0 aliphatic carbocycles. The van der Waals surface area contributed by atoms with Crippen LogP contribution in [-0.4, -0.2) is 7.11 Å². The van der Waals surface area contributed by atoms with E-state index in [0.717, 1.165) is 12.1 Å². The zero-order valence-corrected chi connectivity index (χ0v) is 10.9. The molecule has 2 aromatic carbocycles. The van der Waals surface area contributed by atoms with Crippen LogP contribution in [0.5, 0.6) is 5.75 Å². The van der Waals surface area contributed by atoms with E-state index in [1.165, 1.54) is 31.4 Å². The molecule has 2 nitrogen and oxygen atoms in total. The largest absolute Gasteiger partial charge is 0.496 e. The molecule has 0 saturated carbocycles. The van der Waals surface area contributed by atoms with E-state index in [0.29, 0.717) is 11.3 Å². The molecule has 106 valence electrons. The van der Waals surface area contributed by atoms with Gasteiger partial charge in [-0.05, 0) is 36.8 Å². The molecule has 5 heteroatoms. The molecule has 0 fully saturated rings.